The summed E-state index contributed by atoms with van der Waals surface area (Å²) in [5, 5.41) is 0. The van der Waals surface area contributed by atoms with Crippen LogP contribution < -0.4 is 4.74 Å². The lowest BCUT2D eigenvalue weighted by Crippen LogP contribution is -2.63. The molecule has 0 saturated carbocycles. The molecule has 3 aliphatic rings. The molecule has 4 rings (SSSR count). The van der Waals surface area contributed by atoms with Crippen molar-refractivity contribution in [1.82, 2.24) is 9.80 Å². The largest absolute Gasteiger partial charge is 0.497 e. The molecule has 5 heteroatoms. The summed E-state index contributed by atoms with van der Waals surface area (Å²) in [5.41, 5.74) is 1.12. The van der Waals surface area contributed by atoms with Crippen LogP contribution in [-0.2, 0) is 16.0 Å². The predicted molar refractivity (Wildman–Crippen MR) is 100 cm³/mol. The van der Waals surface area contributed by atoms with E-state index in [9.17, 15) is 4.79 Å². The zero-order valence-electron chi connectivity index (χ0n) is 15.8. The van der Waals surface area contributed by atoms with Gasteiger partial charge in [-0.2, -0.15) is 0 Å². The third kappa shape index (κ3) is 3.74. The van der Waals surface area contributed by atoms with E-state index in [4.69, 9.17) is 9.47 Å². The first-order valence-corrected chi connectivity index (χ1v) is 9.96. The van der Waals surface area contributed by atoms with E-state index in [1.54, 1.807) is 7.11 Å². The van der Waals surface area contributed by atoms with Crippen LogP contribution >= 0.6 is 0 Å². The maximum Gasteiger partial charge on any atom is 0.223 e. The van der Waals surface area contributed by atoms with Crippen LogP contribution in [0.15, 0.2) is 24.3 Å². The van der Waals surface area contributed by atoms with Gasteiger partial charge in [-0.15, -0.1) is 0 Å². The lowest BCUT2D eigenvalue weighted by atomic mass is 9.88. The SMILES string of the molecule is COc1ccc(CCC(=O)N2CC3(CC(N4CCCCC4)CO3)C2)cc1. The Hall–Kier alpha value is -1.59. The van der Waals surface area contributed by atoms with Crippen molar-refractivity contribution < 1.29 is 14.3 Å². The smallest absolute Gasteiger partial charge is 0.223 e. The highest BCUT2D eigenvalue weighted by Crippen LogP contribution is 2.37. The van der Waals surface area contributed by atoms with Crippen LogP contribution in [0.1, 0.15) is 37.7 Å². The van der Waals surface area contributed by atoms with Crippen molar-refractivity contribution in [2.75, 3.05) is 39.9 Å². The molecule has 142 valence electrons. The Morgan fingerprint density at radius 3 is 2.62 bits per heavy atom. The zero-order valence-corrected chi connectivity index (χ0v) is 15.8. The second kappa shape index (κ2) is 7.57. The van der Waals surface area contributed by atoms with Crippen LogP contribution in [0.2, 0.25) is 0 Å². The lowest BCUT2D eigenvalue weighted by molar-refractivity contribution is -0.157. The Bertz CT molecular complexity index is 619. The normalized spacial score (nSPS) is 25.3. The number of hydrogen-bond acceptors (Lipinski definition) is 4. The molecule has 0 bridgehead atoms. The summed E-state index contributed by atoms with van der Waals surface area (Å²) in [6.45, 7) is 4.83. The Kier molecular flexibility index (Phi) is 5.18. The Morgan fingerprint density at radius 2 is 1.92 bits per heavy atom. The minimum absolute atomic E-state index is 0.0577. The van der Waals surface area contributed by atoms with Crippen molar-refractivity contribution in [3.63, 3.8) is 0 Å². The molecule has 26 heavy (non-hydrogen) atoms. The third-order valence-corrected chi connectivity index (χ3v) is 6.19. The van der Waals surface area contributed by atoms with Gasteiger partial charge in [0, 0.05) is 12.5 Å². The first-order chi connectivity index (χ1) is 12.7. The Labute approximate surface area is 156 Å². The van der Waals surface area contributed by atoms with Gasteiger partial charge in [-0.3, -0.25) is 9.69 Å². The van der Waals surface area contributed by atoms with Gasteiger partial charge in [0.25, 0.3) is 0 Å². The number of amides is 1. The fraction of sp³-hybridized carbons (Fsp3) is 0.667. The number of hydrogen-bond donors (Lipinski definition) is 0. The lowest BCUT2D eigenvalue weighted by Gasteiger charge is -2.47. The third-order valence-electron chi connectivity index (χ3n) is 6.19. The highest BCUT2D eigenvalue weighted by molar-refractivity contribution is 5.77. The summed E-state index contributed by atoms with van der Waals surface area (Å²) in [7, 11) is 1.67. The standard InChI is InChI=1S/C21H30N2O3/c1-25-19-8-5-17(6-9-19)7-10-20(24)23-15-21(16-23)13-18(14-26-21)22-11-3-2-4-12-22/h5-6,8-9,18H,2-4,7,10-16H2,1H3. The molecule has 0 radical (unpaired) electrons. The number of likely N-dealkylation sites (tertiary alicyclic amines) is 2. The summed E-state index contributed by atoms with van der Waals surface area (Å²) >= 11 is 0. The van der Waals surface area contributed by atoms with E-state index >= 15 is 0 Å². The van der Waals surface area contributed by atoms with Crippen LogP contribution in [0.3, 0.4) is 0 Å². The first-order valence-electron chi connectivity index (χ1n) is 9.96. The van der Waals surface area contributed by atoms with E-state index in [-0.39, 0.29) is 11.5 Å². The Morgan fingerprint density at radius 1 is 1.19 bits per heavy atom. The average molecular weight is 358 g/mol. The molecule has 3 heterocycles. The molecule has 0 aromatic heterocycles. The van der Waals surface area contributed by atoms with Gasteiger partial charge in [-0.25, -0.2) is 0 Å². The summed E-state index contributed by atoms with van der Waals surface area (Å²) in [6, 6.07) is 8.53. The number of benzene rings is 1. The second-order valence-electron chi connectivity index (χ2n) is 8.05. The number of carbonyl (C=O) groups excluding carboxylic acids is 1. The fourth-order valence-electron chi connectivity index (χ4n) is 4.59. The molecule has 5 nitrogen and oxygen atoms in total. The van der Waals surface area contributed by atoms with Crippen molar-refractivity contribution in [3.05, 3.63) is 29.8 Å². The molecular weight excluding hydrogens is 328 g/mol. The fourth-order valence-corrected chi connectivity index (χ4v) is 4.59. The topological polar surface area (TPSA) is 42.0 Å². The number of carbonyl (C=O) groups is 1. The summed E-state index contributed by atoms with van der Waals surface area (Å²) in [6.07, 6.45) is 6.45. The van der Waals surface area contributed by atoms with Crippen molar-refractivity contribution in [3.8, 4) is 5.75 Å². The van der Waals surface area contributed by atoms with Gasteiger partial charge in [0.1, 0.15) is 11.4 Å². The maximum absolute atomic E-state index is 12.5. The van der Waals surface area contributed by atoms with E-state index in [1.165, 1.54) is 37.9 Å². The van der Waals surface area contributed by atoms with Crippen molar-refractivity contribution >= 4 is 5.91 Å². The van der Waals surface area contributed by atoms with Crippen molar-refractivity contribution in [2.24, 2.45) is 0 Å². The van der Waals surface area contributed by atoms with Gasteiger partial charge in [0.15, 0.2) is 0 Å². The summed E-state index contributed by atoms with van der Waals surface area (Å²) in [4.78, 5) is 17.1. The van der Waals surface area contributed by atoms with Crippen LogP contribution in [0, 0.1) is 0 Å². The molecule has 3 fully saturated rings. The Balaban J connectivity index is 1.22. The predicted octanol–water partition coefficient (Wildman–Crippen LogP) is 2.48. The molecule has 3 aliphatic heterocycles. The molecule has 1 aromatic rings. The minimum atomic E-state index is -0.0577. The minimum Gasteiger partial charge on any atom is -0.497 e. The molecule has 1 amide bonds. The zero-order chi connectivity index (χ0) is 18.0. The van der Waals surface area contributed by atoms with E-state index in [0.29, 0.717) is 12.5 Å². The quantitative estimate of drug-likeness (QED) is 0.811. The number of ether oxygens (including phenoxy) is 2. The van der Waals surface area contributed by atoms with Gasteiger partial charge < -0.3 is 14.4 Å². The number of aryl methyl sites for hydroxylation is 1. The van der Waals surface area contributed by atoms with Crippen LogP contribution in [0.25, 0.3) is 0 Å². The average Bonchev–Trinajstić information content (AvgIpc) is 3.12. The van der Waals surface area contributed by atoms with Gasteiger partial charge in [0.2, 0.25) is 5.91 Å². The first kappa shape index (κ1) is 17.8. The number of nitrogens with zero attached hydrogens (tertiary/aromatic N) is 2. The van der Waals surface area contributed by atoms with E-state index in [0.717, 1.165) is 38.3 Å². The van der Waals surface area contributed by atoms with Gasteiger partial charge >= 0.3 is 0 Å². The molecular formula is C21H30N2O3. The van der Waals surface area contributed by atoms with Crippen molar-refractivity contribution in [1.29, 1.82) is 0 Å². The highest BCUT2D eigenvalue weighted by atomic mass is 16.5. The highest BCUT2D eigenvalue weighted by Gasteiger charge is 2.52. The molecule has 3 saturated heterocycles. The van der Waals surface area contributed by atoms with Crippen LogP contribution in [-0.4, -0.2) is 67.2 Å². The van der Waals surface area contributed by atoms with Crippen LogP contribution in [0.4, 0.5) is 0 Å². The molecule has 1 spiro atoms. The maximum atomic E-state index is 12.5. The second-order valence-corrected chi connectivity index (χ2v) is 8.05. The summed E-state index contributed by atoms with van der Waals surface area (Å²) < 4.78 is 11.3. The number of rotatable bonds is 5. The van der Waals surface area contributed by atoms with Crippen molar-refractivity contribution in [2.45, 2.75) is 50.2 Å². The van der Waals surface area contributed by atoms with E-state index in [2.05, 4.69) is 4.90 Å². The number of piperidine rings is 1. The monoisotopic (exact) mass is 358 g/mol. The molecule has 0 aliphatic carbocycles. The van der Waals surface area contributed by atoms with E-state index < -0.39 is 0 Å². The number of methoxy groups -OCH3 is 1. The molecule has 1 aromatic carbocycles. The van der Waals surface area contributed by atoms with Gasteiger partial charge in [0.05, 0.1) is 26.8 Å². The molecule has 1 unspecified atom stereocenters. The van der Waals surface area contributed by atoms with E-state index in [1.807, 2.05) is 29.2 Å². The molecule has 0 N–H and O–H groups in total. The van der Waals surface area contributed by atoms with Crippen LogP contribution in [0.5, 0.6) is 5.75 Å². The molecule has 1 atom stereocenters. The van der Waals surface area contributed by atoms with Gasteiger partial charge in [-0.05, 0) is 56.5 Å². The van der Waals surface area contributed by atoms with Gasteiger partial charge in [-0.1, -0.05) is 18.6 Å². The summed E-state index contributed by atoms with van der Waals surface area (Å²) in [5.74, 6) is 1.10.